The molecule has 0 unspecified atom stereocenters. The summed E-state index contributed by atoms with van der Waals surface area (Å²) in [5.41, 5.74) is 1.02. The smallest absolute Gasteiger partial charge is 0.335 e. The van der Waals surface area contributed by atoms with E-state index in [1.165, 1.54) is 24.3 Å². The Hall–Kier alpha value is -2.69. The summed E-state index contributed by atoms with van der Waals surface area (Å²) in [4.78, 5) is 10.2. The fourth-order valence-corrected chi connectivity index (χ4v) is 1.46. The summed E-state index contributed by atoms with van der Waals surface area (Å²) >= 11 is 0. The number of carboxylic acid groups (broad SMARTS) is 1. The number of aromatic carboxylic acids is 1. The molecule has 0 atom stereocenters. The Morgan fingerprint density at radius 1 is 1.05 bits per heavy atom. The molecule has 0 saturated carbocycles. The lowest BCUT2D eigenvalue weighted by Crippen LogP contribution is -1.93. The molecule has 2 aromatic carbocycles. The van der Waals surface area contributed by atoms with Crippen molar-refractivity contribution >= 4 is 5.97 Å². The van der Waals surface area contributed by atoms with Crippen LogP contribution >= 0.6 is 0 Å². The topological polar surface area (TPSA) is 90.3 Å². The molecular weight excluding hydrogens is 248 g/mol. The van der Waals surface area contributed by atoms with Crippen molar-refractivity contribution in [1.29, 1.82) is 0 Å². The predicted octanol–water partition coefficient (Wildman–Crippen LogP) is 2.90. The summed E-state index contributed by atoms with van der Waals surface area (Å²) in [6.45, 7) is 1.83. The quantitative estimate of drug-likeness (QED) is 0.585. The number of fused-ring (bicyclic) bond motifs is 1. The van der Waals surface area contributed by atoms with E-state index in [2.05, 4.69) is 0 Å². The van der Waals surface area contributed by atoms with Gasteiger partial charge >= 0.3 is 5.97 Å². The number of benzene rings is 2. The van der Waals surface area contributed by atoms with E-state index in [-0.39, 0.29) is 11.3 Å². The van der Waals surface area contributed by atoms with E-state index >= 15 is 0 Å². The van der Waals surface area contributed by atoms with Crippen LogP contribution in [-0.4, -0.2) is 21.3 Å². The van der Waals surface area contributed by atoms with E-state index in [9.17, 15) is 4.79 Å². The number of ether oxygens (including phenoxy) is 1. The molecule has 0 saturated heterocycles. The standard InChI is InChI=1S/C7H6O3.C7H6O2/c8-6-3-1-5(2-4-6)7(9)10;1-4-5(8)2-3-6-7(4)9-6/h1-4,8H,(H,9,10);2-3,8H,1H3. The number of carbonyl (C=O) groups is 1. The molecule has 0 radical (unpaired) electrons. The first-order valence-corrected chi connectivity index (χ1v) is 5.52. The second-order valence-corrected chi connectivity index (χ2v) is 3.99. The van der Waals surface area contributed by atoms with E-state index in [4.69, 9.17) is 20.1 Å². The molecule has 19 heavy (non-hydrogen) atoms. The summed E-state index contributed by atoms with van der Waals surface area (Å²) in [7, 11) is 0. The molecule has 98 valence electrons. The minimum absolute atomic E-state index is 0.0741. The number of phenols is 2. The highest BCUT2D eigenvalue weighted by Gasteiger charge is 2.23. The number of rotatable bonds is 1. The van der Waals surface area contributed by atoms with Crippen LogP contribution in [0.5, 0.6) is 23.0 Å². The van der Waals surface area contributed by atoms with Crippen molar-refractivity contribution in [3.8, 4) is 23.0 Å². The van der Waals surface area contributed by atoms with Crippen LogP contribution in [0, 0.1) is 6.92 Å². The van der Waals surface area contributed by atoms with Crippen LogP contribution in [-0.2, 0) is 0 Å². The lowest BCUT2D eigenvalue weighted by molar-refractivity contribution is 0.0697. The van der Waals surface area contributed by atoms with Gasteiger partial charge in [0.2, 0.25) is 0 Å². The molecule has 0 fully saturated rings. The minimum atomic E-state index is -0.986. The van der Waals surface area contributed by atoms with Crippen LogP contribution in [0.1, 0.15) is 15.9 Å². The molecule has 5 heteroatoms. The molecule has 1 heterocycles. The Bertz CT molecular complexity index is 613. The molecular formula is C14H12O5. The lowest BCUT2D eigenvalue weighted by atomic mass is 10.2. The van der Waals surface area contributed by atoms with E-state index in [0.717, 1.165) is 17.1 Å². The highest BCUT2D eigenvalue weighted by atomic mass is 16.6. The Balaban J connectivity index is 0.000000141. The summed E-state index contributed by atoms with van der Waals surface area (Å²) in [5.74, 6) is 1.14. The van der Waals surface area contributed by atoms with Crippen LogP contribution in [0.4, 0.5) is 0 Å². The zero-order chi connectivity index (χ0) is 14.0. The van der Waals surface area contributed by atoms with Gasteiger partial charge in [-0.05, 0) is 43.3 Å². The van der Waals surface area contributed by atoms with Crippen molar-refractivity contribution in [3.63, 3.8) is 0 Å². The number of phenolic OH excluding ortho intramolecular Hbond substituents is 2. The van der Waals surface area contributed by atoms with Gasteiger partial charge in [-0.15, -0.1) is 0 Å². The molecule has 2 aromatic rings. The second-order valence-electron chi connectivity index (χ2n) is 3.99. The largest absolute Gasteiger partial charge is 0.508 e. The lowest BCUT2D eigenvalue weighted by Gasteiger charge is -1.92. The first-order chi connectivity index (χ1) is 8.99. The van der Waals surface area contributed by atoms with Crippen molar-refractivity contribution in [2.45, 2.75) is 6.92 Å². The summed E-state index contributed by atoms with van der Waals surface area (Å²) in [6.07, 6.45) is 0. The zero-order valence-corrected chi connectivity index (χ0v) is 10.1. The highest BCUT2D eigenvalue weighted by molar-refractivity contribution is 5.87. The second kappa shape index (κ2) is 4.89. The fourth-order valence-electron chi connectivity index (χ4n) is 1.46. The molecule has 0 aromatic heterocycles. The number of carboxylic acids is 1. The van der Waals surface area contributed by atoms with Crippen molar-refractivity contribution in [3.05, 3.63) is 47.5 Å². The molecule has 0 spiro atoms. The maximum absolute atomic E-state index is 10.2. The Kier molecular flexibility index (Phi) is 3.29. The van der Waals surface area contributed by atoms with Crippen molar-refractivity contribution in [1.82, 2.24) is 0 Å². The fraction of sp³-hybridized carbons (Fsp3) is 0.0714. The van der Waals surface area contributed by atoms with Crippen molar-refractivity contribution in [2.75, 3.05) is 0 Å². The van der Waals surface area contributed by atoms with Crippen molar-refractivity contribution in [2.24, 2.45) is 0 Å². The number of aromatic hydroxyl groups is 2. The molecule has 3 N–H and O–H groups in total. The third-order valence-corrected chi connectivity index (χ3v) is 2.63. The van der Waals surface area contributed by atoms with Crippen LogP contribution in [0.15, 0.2) is 36.4 Å². The van der Waals surface area contributed by atoms with Crippen LogP contribution in [0.2, 0.25) is 0 Å². The maximum atomic E-state index is 10.2. The van der Waals surface area contributed by atoms with Gasteiger partial charge in [-0.3, -0.25) is 0 Å². The maximum Gasteiger partial charge on any atom is 0.335 e. The first-order valence-electron chi connectivity index (χ1n) is 5.52. The van der Waals surface area contributed by atoms with Crippen LogP contribution in [0.25, 0.3) is 0 Å². The van der Waals surface area contributed by atoms with E-state index in [1.54, 1.807) is 12.1 Å². The average Bonchev–Trinajstić information content (AvgIpc) is 3.15. The van der Waals surface area contributed by atoms with E-state index in [0.29, 0.717) is 5.75 Å². The molecule has 1 aliphatic rings. The Labute approximate surface area is 109 Å². The van der Waals surface area contributed by atoms with Gasteiger partial charge in [0.15, 0.2) is 11.5 Å². The van der Waals surface area contributed by atoms with Crippen LogP contribution in [0.3, 0.4) is 0 Å². The third-order valence-electron chi connectivity index (χ3n) is 2.63. The Morgan fingerprint density at radius 3 is 2.21 bits per heavy atom. The normalized spacial score (nSPS) is 10.6. The first kappa shape index (κ1) is 12.8. The monoisotopic (exact) mass is 260 g/mol. The molecule has 0 amide bonds. The van der Waals surface area contributed by atoms with Gasteiger partial charge < -0.3 is 20.1 Å². The molecule has 3 rings (SSSR count). The number of hydrogen-bond donors (Lipinski definition) is 3. The summed E-state index contributed by atoms with van der Waals surface area (Å²) in [5, 5.41) is 26.2. The highest BCUT2D eigenvalue weighted by Crippen LogP contribution is 2.50. The van der Waals surface area contributed by atoms with Gasteiger partial charge in [0.25, 0.3) is 0 Å². The SMILES string of the molecule is Cc1c(O)ccc2c1O2.O=C(O)c1ccc(O)cc1. The number of hydrogen-bond acceptors (Lipinski definition) is 4. The van der Waals surface area contributed by atoms with Crippen LogP contribution < -0.4 is 4.74 Å². The van der Waals surface area contributed by atoms with Gasteiger partial charge in [-0.25, -0.2) is 4.79 Å². The van der Waals surface area contributed by atoms with E-state index in [1.807, 2.05) is 6.92 Å². The van der Waals surface area contributed by atoms with Gasteiger partial charge in [-0.2, -0.15) is 0 Å². The van der Waals surface area contributed by atoms with Gasteiger partial charge in [0, 0.05) is 5.56 Å². The van der Waals surface area contributed by atoms with Gasteiger partial charge in [-0.1, -0.05) is 0 Å². The van der Waals surface area contributed by atoms with Gasteiger partial charge in [0.05, 0.1) is 5.56 Å². The third kappa shape index (κ3) is 2.95. The average molecular weight is 260 g/mol. The molecule has 0 aliphatic carbocycles. The summed E-state index contributed by atoms with van der Waals surface area (Å²) in [6, 6.07) is 8.76. The predicted molar refractivity (Wildman–Crippen MR) is 68.0 cm³/mol. The van der Waals surface area contributed by atoms with E-state index < -0.39 is 5.97 Å². The zero-order valence-electron chi connectivity index (χ0n) is 10.1. The molecule has 0 bridgehead atoms. The molecule has 1 aliphatic heterocycles. The summed E-state index contributed by atoms with van der Waals surface area (Å²) < 4.78 is 4.99. The molecule has 5 nitrogen and oxygen atoms in total. The van der Waals surface area contributed by atoms with Gasteiger partial charge in [0.1, 0.15) is 11.5 Å². The Morgan fingerprint density at radius 2 is 1.68 bits per heavy atom. The minimum Gasteiger partial charge on any atom is -0.508 e. The van der Waals surface area contributed by atoms with Crippen molar-refractivity contribution < 1.29 is 24.9 Å².